The summed E-state index contributed by atoms with van der Waals surface area (Å²) in [7, 11) is 0. The number of thiocarbonyl (C=S) groups is 1. The van der Waals surface area contributed by atoms with E-state index in [0.29, 0.717) is 6.41 Å². The Morgan fingerprint density at radius 3 is 2.57 bits per heavy atom. The molecule has 0 aromatic heterocycles. The van der Waals surface area contributed by atoms with Crippen LogP contribution in [0.4, 0.5) is 0 Å². The van der Waals surface area contributed by atoms with E-state index in [2.05, 4.69) is 23.0 Å². The van der Waals surface area contributed by atoms with E-state index in [-0.39, 0.29) is 5.11 Å². The second-order valence-electron chi connectivity index (χ2n) is 0.736. The Bertz CT molecular complexity index is 83.0. The average molecular weight is 119 g/mol. The molecule has 0 bridgehead atoms. The molecule has 40 valence electrons. The predicted octanol–water partition coefficient (Wildman–Crippen LogP) is -1.52. The van der Waals surface area contributed by atoms with Gasteiger partial charge in [-0.3, -0.25) is 4.79 Å². The highest BCUT2D eigenvalue weighted by Gasteiger charge is 1.81. The summed E-state index contributed by atoms with van der Waals surface area (Å²) in [6.07, 6.45) is 0.447. The van der Waals surface area contributed by atoms with Gasteiger partial charge in [0.25, 0.3) is 0 Å². The Morgan fingerprint density at radius 2 is 2.43 bits per heavy atom. The molecule has 0 radical (unpaired) electrons. The second-order valence-corrected chi connectivity index (χ2v) is 1.14. The molecule has 0 unspecified atom stereocenters. The van der Waals surface area contributed by atoms with Crippen molar-refractivity contribution < 1.29 is 4.79 Å². The number of nitrogens with one attached hydrogen (secondary N) is 2. The van der Waals surface area contributed by atoms with Crippen LogP contribution < -0.4 is 16.6 Å². The van der Waals surface area contributed by atoms with Crippen molar-refractivity contribution in [3.8, 4) is 0 Å². The van der Waals surface area contributed by atoms with Gasteiger partial charge in [-0.15, -0.1) is 0 Å². The highest BCUT2D eigenvalue weighted by Crippen LogP contribution is 1.51. The number of hydrogen-bond acceptors (Lipinski definition) is 3. The van der Waals surface area contributed by atoms with Crippen LogP contribution in [0.25, 0.3) is 0 Å². The molecule has 0 fully saturated rings. The van der Waals surface area contributed by atoms with Gasteiger partial charge in [-0.05, 0) is 12.2 Å². The third-order valence-corrected chi connectivity index (χ3v) is 0.557. The molecule has 0 saturated heterocycles. The first-order valence-corrected chi connectivity index (χ1v) is 1.93. The lowest BCUT2D eigenvalue weighted by Gasteiger charge is -1.94. The van der Waals surface area contributed by atoms with E-state index in [9.17, 15) is 4.79 Å². The number of hydrazine groups is 1. The van der Waals surface area contributed by atoms with Gasteiger partial charge in [-0.1, -0.05) is 0 Å². The fourth-order valence-electron chi connectivity index (χ4n) is 0.0952. The molecule has 0 aliphatic rings. The average Bonchev–Trinajstić information content (AvgIpc) is 1.68. The number of hydrogen-bond donors (Lipinski definition) is 3. The highest BCUT2D eigenvalue weighted by atomic mass is 32.1. The summed E-state index contributed by atoms with van der Waals surface area (Å²) >= 11 is 4.38. The monoisotopic (exact) mass is 119 g/mol. The molecule has 0 aliphatic heterocycles. The first-order chi connectivity index (χ1) is 3.31. The number of nitrogens with two attached hydrogens (primary N) is 1. The number of amides is 1. The van der Waals surface area contributed by atoms with E-state index in [1.807, 2.05) is 0 Å². The quantitative estimate of drug-likeness (QED) is 0.170. The van der Waals surface area contributed by atoms with Gasteiger partial charge >= 0.3 is 0 Å². The zero-order chi connectivity index (χ0) is 5.70. The largest absolute Gasteiger partial charge is 0.305 e. The van der Waals surface area contributed by atoms with Crippen molar-refractivity contribution in [3.63, 3.8) is 0 Å². The van der Waals surface area contributed by atoms with Gasteiger partial charge in [-0.2, -0.15) is 0 Å². The number of rotatable bonds is 1. The summed E-state index contributed by atoms with van der Waals surface area (Å²) in [5.41, 5.74) is 2.05. The van der Waals surface area contributed by atoms with Crippen LogP contribution >= 0.6 is 12.2 Å². The normalized spacial score (nSPS) is 7.00. The van der Waals surface area contributed by atoms with E-state index >= 15 is 0 Å². The van der Waals surface area contributed by atoms with Crippen LogP contribution in [-0.2, 0) is 4.79 Å². The topological polar surface area (TPSA) is 67.2 Å². The molecule has 4 nitrogen and oxygen atoms in total. The van der Waals surface area contributed by atoms with E-state index in [1.165, 1.54) is 0 Å². The van der Waals surface area contributed by atoms with Crippen LogP contribution in [0.5, 0.6) is 0 Å². The lowest BCUT2D eigenvalue weighted by Crippen LogP contribution is -2.38. The third kappa shape index (κ3) is 3.14. The van der Waals surface area contributed by atoms with Gasteiger partial charge in [0.15, 0.2) is 5.11 Å². The SMILES string of the molecule is NNC(=S)NC=O. The van der Waals surface area contributed by atoms with Gasteiger partial charge in [-0.25, -0.2) is 5.84 Å². The zero-order valence-electron chi connectivity index (χ0n) is 3.47. The molecular formula is C2H5N3OS. The minimum absolute atomic E-state index is 0.120. The van der Waals surface area contributed by atoms with Gasteiger partial charge in [0, 0.05) is 0 Å². The maximum absolute atomic E-state index is 9.48. The number of carbonyl (C=O) groups is 1. The summed E-state index contributed by atoms with van der Waals surface area (Å²) in [6.45, 7) is 0. The third-order valence-electron chi connectivity index (χ3n) is 0.321. The van der Waals surface area contributed by atoms with Gasteiger partial charge in [0.05, 0.1) is 0 Å². The molecule has 7 heavy (non-hydrogen) atoms. The van der Waals surface area contributed by atoms with Crippen LogP contribution in [-0.4, -0.2) is 11.5 Å². The van der Waals surface area contributed by atoms with Crippen LogP contribution in [0, 0.1) is 0 Å². The molecule has 0 spiro atoms. The minimum Gasteiger partial charge on any atom is -0.305 e. The van der Waals surface area contributed by atoms with Crippen molar-refractivity contribution in [1.82, 2.24) is 10.7 Å². The first kappa shape index (κ1) is 6.32. The summed E-state index contributed by atoms with van der Waals surface area (Å²) < 4.78 is 0. The van der Waals surface area contributed by atoms with Gasteiger partial charge in [0.1, 0.15) is 0 Å². The summed E-state index contributed by atoms with van der Waals surface area (Å²) in [5.74, 6) is 4.75. The maximum Gasteiger partial charge on any atom is 0.213 e. The molecule has 5 heteroatoms. The lowest BCUT2D eigenvalue weighted by molar-refractivity contribution is -0.108. The predicted molar refractivity (Wildman–Crippen MR) is 29.1 cm³/mol. The van der Waals surface area contributed by atoms with E-state index in [4.69, 9.17) is 5.84 Å². The zero-order valence-corrected chi connectivity index (χ0v) is 4.29. The van der Waals surface area contributed by atoms with Crippen LogP contribution in [0.2, 0.25) is 0 Å². The Kier molecular flexibility index (Phi) is 3.17. The molecule has 1 amide bonds. The maximum atomic E-state index is 9.48. The molecule has 0 heterocycles. The Labute approximate surface area is 46.0 Å². The molecule has 0 aromatic carbocycles. The van der Waals surface area contributed by atoms with Crippen LogP contribution in [0.1, 0.15) is 0 Å². The Hall–Kier alpha value is -0.680. The van der Waals surface area contributed by atoms with Crippen molar-refractivity contribution in [3.05, 3.63) is 0 Å². The Balaban J connectivity index is 3.17. The summed E-state index contributed by atoms with van der Waals surface area (Å²) in [6, 6.07) is 0. The van der Waals surface area contributed by atoms with Gasteiger partial charge < -0.3 is 10.7 Å². The van der Waals surface area contributed by atoms with E-state index < -0.39 is 0 Å². The Morgan fingerprint density at radius 1 is 1.86 bits per heavy atom. The second kappa shape index (κ2) is 3.51. The standard InChI is InChI=1S/C2H5N3OS/c3-5-2(7)4-1-6/h1H,3H2,(H2,4,5,6,7). The molecule has 0 aliphatic carbocycles. The lowest BCUT2D eigenvalue weighted by atomic mass is 11.0. The molecule has 0 aromatic rings. The van der Waals surface area contributed by atoms with Gasteiger partial charge in [0.2, 0.25) is 6.41 Å². The molecule has 0 saturated carbocycles. The minimum atomic E-state index is 0.120. The summed E-state index contributed by atoms with van der Waals surface area (Å²) in [5, 5.41) is 2.23. The molecule has 0 rings (SSSR count). The van der Waals surface area contributed by atoms with Crippen molar-refractivity contribution >= 4 is 23.7 Å². The van der Waals surface area contributed by atoms with E-state index in [1.54, 1.807) is 0 Å². The summed E-state index contributed by atoms with van der Waals surface area (Å²) in [4.78, 5) is 9.48. The highest BCUT2D eigenvalue weighted by molar-refractivity contribution is 7.80. The van der Waals surface area contributed by atoms with E-state index in [0.717, 1.165) is 0 Å². The van der Waals surface area contributed by atoms with Crippen molar-refractivity contribution in [2.45, 2.75) is 0 Å². The fourth-order valence-corrected chi connectivity index (χ4v) is 0.143. The van der Waals surface area contributed by atoms with Crippen molar-refractivity contribution in [2.75, 3.05) is 0 Å². The fraction of sp³-hybridized carbons (Fsp3) is 0. The van der Waals surface area contributed by atoms with Crippen molar-refractivity contribution in [2.24, 2.45) is 5.84 Å². The van der Waals surface area contributed by atoms with Crippen LogP contribution in [0.3, 0.4) is 0 Å². The molecule has 0 atom stereocenters. The van der Waals surface area contributed by atoms with Crippen molar-refractivity contribution in [1.29, 1.82) is 0 Å². The number of carbonyl (C=O) groups excluding carboxylic acids is 1. The molecule has 4 N–H and O–H groups in total. The first-order valence-electron chi connectivity index (χ1n) is 1.52. The molecular weight excluding hydrogens is 114 g/mol. The van der Waals surface area contributed by atoms with Crippen LogP contribution in [0.15, 0.2) is 0 Å². The smallest absolute Gasteiger partial charge is 0.213 e.